The summed E-state index contributed by atoms with van der Waals surface area (Å²) in [5.74, 6) is 0.179. The summed E-state index contributed by atoms with van der Waals surface area (Å²) in [6, 6.07) is 0. The normalized spacial score (nSPS) is 21.1. The highest BCUT2D eigenvalue weighted by atomic mass is 16.2. The highest BCUT2D eigenvalue weighted by Gasteiger charge is 2.24. The van der Waals surface area contributed by atoms with Crippen molar-refractivity contribution in [3.05, 3.63) is 36.1 Å². The van der Waals surface area contributed by atoms with E-state index in [4.69, 9.17) is 0 Å². The molecule has 0 aliphatic carbocycles. The third-order valence-corrected chi connectivity index (χ3v) is 2.66. The summed E-state index contributed by atoms with van der Waals surface area (Å²) in [7, 11) is 0. The molecule has 2 nitrogen and oxygen atoms in total. The van der Waals surface area contributed by atoms with Crippen LogP contribution >= 0.6 is 0 Å². The number of likely N-dealkylation sites (N-methyl/N-ethyl adjacent to an activating group) is 1. The lowest BCUT2D eigenvalue weighted by Gasteiger charge is -2.30. The lowest BCUT2D eigenvalue weighted by atomic mass is 9.96. The molecule has 1 aliphatic rings. The van der Waals surface area contributed by atoms with E-state index in [0.717, 1.165) is 17.7 Å². The van der Waals surface area contributed by atoms with Crippen LogP contribution in [0.3, 0.4) is 0 Å². The summed E-state index contributed by atoms with van der Waals surface area (Å²) in [6.45, 7) is 12.4. The topological polar surface area (TPSA) is 20.3 Å². The van der Waals surface area contributed by atoms with E-state index in [-0.39, 0.29) is 5.91 Å². The van der Waals surface area contributed by atoms with Crippen molar-refractivity contribution in [2.75, 3.05) is 6.54 Å². The van der Waals surface area contributed by atoms with Gasteiger partial charge in [0.15, 0.2) is 0 Å². The standard InChI is InChI=1S/C12H17NO/c1-5-9(3)11-7-8-12(14)13(6-2)10(11)4/h5H,1,4,6-8H2,2-3H3/b11-9-. The Kier molecular flexibility index (Phi) is 3.28. The van der Waals surface area contributed by atoms with Crippen LogP contribution in [0.4, 0.5) is 0 Å². The predicted octanol–water partition coefficient (Wildman–Crippen LogP) is 2.64. The smallest absolute Gasteiger partial charge is 0.227 e. The molecule has 2 heteroatoms. The molecular weight excluding hydrogens is 174 g/mol. The molecule has 1 saturated heterocycles. The molecule has 1 rings (SSSR count). The Labute approximate surface area is 85.6 Å². The van der Waals surface area contributed by atoms with Crippen molar-refractivity contribution in [3.8, 4) is 0 Å². The second-order valence-corrected chi connectivity index (χ2v) is 3.45. The van der Waals surface area contributed by atoms with E-state index in [1.807, 2.05) is 19.9 Å². The lowest BCUT2D eigenvalue weighted by Crippen LogP contribution is -2.34. The van der Waals surface area contributed by atoms with Gasteiger partial charge in [0.25, 0.3) is 0 Å². The van der Waals surface area contributed by atoms with Gasteiger partial charge < -0.3 is 4.90 Å². The lowest BCUT2D eigenvalue weighted by molar-refractivity contribution is -0.129. The fourth-order valence-corrected chi connectivity index (χ4v) is 1.74. The molecule has 76 valence electrons. The number of hydrogen-bond donors (Lipinski definition) is 0. The molecule has 1 aliphatic heterocycles. The molecule has 0 spiro atoms. The fraction of sp³-hybridized carbons (Fsp3) is 0.417. The molecule has 1 fully saturated rings. The summed E-state index contributed by atoms with van der Waals surface area (Å²) in [5.41, 5.74) is 3.14. The molecule has 0 aromatic heterocycles. The number of carbonyl (C=O) groups excluding carboxylic acids is 1. The SMILES string of the molecule is C=C/C(C)=C1/CCC(=O)N(CC)C1=C. The number of allylic oxidation sites excluding steroid dienone is 3. The Morgan fingerprint density at radius 2 is 2.21 bits per heavy atom. The van der Waals surface area contributed by atoms with E-state index >= 15 is 0 Å². The van der Waals surface area contributed by atoms with Crippen LogP contribution in [-0.2, 0) is 4.79 Å². The first-order valence-electron chi connectivity index (χ1n) is 4.93. The molecule has 1 amide bonds. The monoisotopic (exact) mass is 191 g/mol. The van der Waals surface area contributed by atoms with Crippen LogP contribution in [0.25, 0.3) is 0 Å². The van der Waals surface area contributed by atoms with Gasteiger partial charge in [0.1, 0.15) is 0 Å². The maximum Gasteiger partial charge on any atom is 0.227 e. The van der Waals surface area contributed by atoms with E-state index < -0.39 is 0 Å². The van der Waals surface area contributed by atoms with Crippen molar-refractivity contribution >= 4 is 5.91 Å². The van der Waals surface area contributed by atoms with Gasteiger partial charge in [-0.2, -0.15) is 0 Å². The number of hydrogen-bond acceptors (Lipinski definition) is 1. The molecule has 0 N–H and O–H groups in total. The van der Waals surface area contributed by atoms with Crippen LogP contribution in [0.5, 0.6) is 0 Å². The van der Waals surface area contributed by atoms with Gasteiger partial charge in [-0.15, -0.1) is 0 Å². The predicted molar refractivity (Wildman–Crippen MR) is 58.7 cm³/mol. The van der Waals surface area contributed by atoms with E-state index in [2.05, 4.69) is 13.2 Å². The molecule has 14 heavy (non-hydrogen) atoms. The van der Waals surface area contributed by atoms with E-state index in [0.29, 0.717) is 13.0 Å². The average molecular weight is 191 g/mol. The number of piperidine rings is 1. The largest absolute Gasteiger partial charge is 0.313 e. The van der Waals surface area contributed by atoms with Gasteiger partial charge in [0, 0.05) is 18.7 Å². The van der Waals surface area contributed by atoms with Gasteiger partial charge in [-0.05, 0) is 31.4 Å². The maximum absolute atomic E-state index is 11.5. The zero-order valence-corrected chi connectivity index (χ0v) is 8.97. The maximum atomic E-state index is 11.5. The van der Waals surface area contributed by atoms with Crippen molar-refractivity contribution in [3.63, 3.8) is 0 Å². The Morgan fingerprint density at radius 3 is 2.71 bits per heavy atom. The van der Waals surface area contributed by atoms with E-state index in [1.165, 1.54) is 5.57 Å². The van der Waals surface area contributed by atoms with Gasteiger partial charge in [-0.25, -0.2) is 0 Å². The third kappa shape index (κ3) is 1.79. The Morgan fingerprint density at radius 1 is 1.57 bits per heavy atom. The highest BCUT2D eigenvalue weighted by Crippen LogP contribution is 2.28. The third-order valence-electron chi connectivity index (χ3n) is 2.66. The van der Waals surface area contributed by atoms with E-state index in [9.17, 15) is 4.79 Å². The van der Waals surface area contributed by atoms with Crippen LogP contribution in [0.15, 0.2) is 36.1 Å². The first-order chi connectivity index (χ1) is 6.61. The molecule has 0 atom stereocenters. The number of likely N-dealkylation sites (tertiary alicyclic amines) is 1. The van der Waals surface area contributed by atoms with Crippen LogP contribution < -0.4 is 0 Å². The van der Waals surface area contributed by atoms with Crippen molar-refractivity contribution in [1.29, 1.82) is 0 Å². The summed E-state index contributed by atoms with van der Waals surface area (Å²) in [6.07, 6.45) is 3.21. The summed E-state index contributed by atoms with van der Waals surface area (Å²) in [5, 5.41) is 0. The Balaban J connectivity index is 3.01. The van der Waals surface area contributed by atoms with Gasteiger partial charge in [-0.1, -0.05) is 19.2 Å². The van der Waals surface area contributed by atoms with Gasteiger partial charge >= 0.3 is 0 Å². The quantitative estimate of drug-likeness (QED) is 0.657. The average Bonchev–Trinajstić information content (AvgIpc) is 2.18. The van der Waals surface area contributed by atoms with Crippen molar-refractivity contribution in [1.82, 2.24) is 4.90 Å². The first-order valence-corrected chi connectivity index (χ1v) is 4.93. The number of rotatable bonds is 2. The minimum absolute atomic E-state index is 0.179. The van der Waals surface area contributed by atoms with Crippen LogP contribution in [-0.4, -0.2) is 17.4 Å². The molecule has 0 aromatic carbocycles. The second kappa shape index (κ2) is 4.27. The molecule has 0 unspecified atom stereocenters. The second-order valence-electron chi connectivity index (χ2n) is 3.45. The first kappa shape index (κ1) is 10.8. The van der Waals surface area contributed by atoms with Crippen LogP contribution in [0.2, 0.25) is 0 Å². The van der Waals surface area contributed by atoms with Crippen LogP contribution in [0, 0.1) is 0 Å². The van der Waals surface area contributed by atoms with Crippen molar-refractivity contribution < 1.29 is 4.79 Å². The van der Waals surface area contributed by atoms with Crippen molar-refractivity contribution in [2.24, 2.45) is 0 Å². The highest BCUT2D eigenvalue weighted by molar-refractivity contribution is 5.81. The zero-order chi connectivity index (χ0) is 10.7. The van der Waals surface area contributed by atoms with Gasteiger partial charge in [-0.3, -0.25) is 4.79 Å². The Hall–Kier alpha value is -1.31. The number of amides is 1. The minimum Gasteiger partial charge on any atom is -0.313 e. The molecule has 0 bridgehead atoms. The van der Waals surface area contributed by atoms with Gasteiger partial charge in [0.2, 0.25) is 5.91 Å². The molecule has 0 radical (unpaired) electrons. The number of nitrogens with zero attached hydrogens (tertiary/aromatic N) is 1. The van der Waals surface area contributed by atoms with Crippen molar-refractivity contribution in [2.45, 2.75) is 26.7 Å². The molecular formula is C12H17NO. The molecule has 1 heterocycles. The Bertz CT molecular complexity index is 312. The summed E-state index contributed by atoms with van der Waals surface area (Å²) < 4.78 is 0. The fourth-order valence-electron chi connectivity index (χ4n) is 1.74. The summed E-state index contributed by atoms with van der Waals surface area (Å²) >= 11 is 0. The summed E-state index contributed by atoms with van der Waals surface area (Å²) in [4.78, 5) is 13.3. The minimum atomic E-state index is 0.179. The molecule has 0 saturated carbocycles. The number of carbonyl (C=O) groups is 1. The zero-order valence-electron chi connectivity index (χ0n) is 8.97. The van der Waals surface area contributed by atoms with E-state index in [1.54, 1.807) is 4.90 Å². The van der Waals surface area contributed by atoms with Crippen LogP contribution in [0.1, 0.15) is 26.7 Å². The molecule has 0 aromatic rings. The van der Waals surface area contributed by atoms with Gasteiger partial charge in [0.05, 0.1) is 0 Å².